The van der Waals surface area contributed by atoms with Crippen molar-refractivity contribution < 1.29 is 13.2 Å². The second-order valence-corrected chi connectivity index (χ2v) is 6.47. The van der Waals surface area contributed by atoms with Crippen molar-refractivity contribution in [1.82, 2.24) is 0 Å². The topological polar surface area (TPSA) is 55.4 Å². The van der Waals surface area contributed by atoms with Crippen LogP contribution in [-0.2, 0) is 9.84 Å². The second kappa shape index (κ2) is 5.96. The van der Waals surface area contributed by atoms with Crippen molar-refractivity contribution in [3.05, 3.63) is 48.5 Å². The van der Waals surface area contributed by atoms with Crippen LogP contribution in [0.5, 0.6) is 11.5 Å². The normalized spacial score (nSPS) is 11.1. The number of ether oxygens (including phenoxy) is 1. The summed E-state index contributed by atoms with van der Waals surface area (Å²) < 4.78 is 29.7. The van der Waals surface area contributed by atoms with Gasteiger partial charge < -0.3 is 10.1 Å². The van der Waals surface area contributed by atoms with E-state index in [9.17, 15) is 8.42 Å². The molecule has 0 aliphatic carbocycles. The van der Waals surface area contributed by atoms with Gasteiger partial charge in [-0.05, 0) is 36.4 Å². The molecule has 0 heterocycles. The van der Waals surface area contributed by atoms with Gasteiger partial charge in [0.25, 0.3) is 0 Å². The summed E-state index contributed by atoms with van der Waals surface area (Å²) in [5, 5.41) is 3.01. The lowest BCUT2D eigenvalue weighted by atomic mass is 10.3. The van der Waals surface area contributed by atoms with Crippen LogP contribution in [0.1, 0.15) is 6.92 Å². The number of para-hydroxylation sites is 1. The van der Waals surface area contributed by atoms with Gasteiger partial charge in [0.15, 0.2) is 9.84 Å². The van der Waals surface area contributed by atoms with Crippen molar-refractivity contribution in [2.24, 2.45) is 0 Å². The first-order chi connectivity index (χ1) is 9.56. The van der Waals surface area contributed by atoms with E-state index in [4.69, 9.17) is 4.74 Å². The molecule has 2 aromatic carbocycles. The van der Waals surface area contributed by atoms with Gasteiger partial charge in [-0.1, -0.05) is 19.1 Å². The predicted molar refractivity (Wildman–Crippen MR) is 80.2 cm³/mol. The van der Waals surface area contributed by atoms with Crippen molar-refractivity contribution in [2.75, 3.05) is 18.1 Å². The molecule has 2 aromatic rings. The number of benzene rings is 2. The Bertz CT molecular complexity index is 679. The van der Waals surface area contributed by atoms with E-state index in [0.29, 0.717) is 11.5 Å². The van der Waals surface area contributed by atoms with E-state index in [2.05, 4.69) is 5.32 Å². The fourth-order valence-electron chi connectivity index (χ4n) is 1.76. The van der Waals surface area contributed by atoms with Gasteiger partial charge in [0.1, 0.15) is 16.4 Å². The van der Waals surface area contributed by atoms with Crippen LogP contribution in [0.3, 0.4) is 0 Å². The summed E-state index contributed by atoms with van der Waals surface area (Å²) in [5.74, 6) is 1.00. The first-order valence-corrected chi connectivity index (χ1v) is 7.99. The van der Waals surface area contributed by atoms with Crippen LogP contribution >= 0.6 is 0 Å². The lowest BCUT2D eigenvalue weighted by Crippen LogP contribution is -2.05. The number of sulfone groups is 1. The van der Waals surface area contributed by atoms with Crippen LogP contribution in [-0.4, -0.2) is 21.2 Å². The van der Waals surface area contributed by atoms with E-state index in [1.807, 2.05) is 19.2 Å². The van der Waals surface area contributed by atoms with Crippen molar-refractivity contribution in [3.63, 3.8) is 0 Å². The first kappa shape index (κ1) is 14.4. The average molecular weight is 291 g/mol. The van der Waals surface area contributed by atoms with E-state index in [0.717, 1.165) is 5.69 Å². The van der Waals surface area contributed by atoms with Gasteiger partial charge in [-0.15, -0.1) is 0 Å². The standard InChI is InChI=1S/C15H17NO3S/c1-3-20(17,18)15-7-5-4-6-14(15)19-13-10-8-12(16-2)9-11-13/h4-11,16H,3H2,1-2H3. The lowest BCUT2D eigenvalue weighted by Gasteiger charge is -2.11. The smallest absolute Gasteiger partial charge is 0.181 e. The number of hydrogen-bond donors (Lipinski definition) is 1. The molecule has 0 atom stereocenters. The molecule has 0 aliphatic heterocycles. The van der Waals surface area contributed by atoms with Crippen molar-refractivity contribution in [2.45, 2.75) is 11.8 Å². The third-order valence-electron chi connectivity index (χ3n) is 2.94. The van der Waals surface area contributed by atoms with Crippen LogP contribution < -0.4 is 10.1 Å². The maximum absolute atomic E-state index is 12.0. The van der Waals surface area contributed by atoms with E-state index in [1.54, 1.807) is 43.3 Å². The van der Waals surface area contributed by atoms with E-state index >= 15 is 0 Å². The number of nitrogens with one attached hydrogen (secondary N) is 1. The molecule has 20 heavy (non-hydrogen) atoms. The van der Waals surface area contributed by atoms with E-state index in [1.165, 1.54) is 0 Å². The monoisotopic (exact) mass is 291 g/mol. The third kappa shape index (κ3) is 3.11. The minimum Gasteiger partial charge on any atom is -0.456 e. The first-order valence-electron chi connectivity index (χ1n) is 6.34. The highest BCUT2D eigenvalue weighted by molar-refractivity contribution is 7.91. The molecule has 2 rings (SSSR count). The molecular formula is C15H17NO3S. The van der Waals surface area contributed by atoms with Crippen LogP contribution in [0.15, 0.2) is 53.4 Å². The Labute approximate surface area is 119 Å². The summed E-state index contributed by atoms with van der Waals surface area (Å²) in [6.07, 6.45) is 0. The fourth-order valence-corrected chi connectivity index (χ4v) is 2.78. The number of hydrogen-bond acceptors (Lipinski definition) is 4. The molecule has 0 fully saturated rings. The molecule has 106 valence electrons. The van der Waals surface area contributed by atoms with Crippen molar-refractivity contribution in [3.8, 4) is 11.5 Å². The minimum atomic E-state index is -3.30. The quantitative estimate of drug-likeness (QED) is 0.918. The summed E-state index contributed by atoms with van der Waals surface area (Å²) in [6.45, 7) is 1.62. The van der Waals surface area contributed by atoms with Gasteiger partial charge >= 0.3 is 0 Å². The molecule has 0 spiro atoms. The minimum absolute atomic E-state index is 0.0477. The Hall–Kier alpha value is -2.01. The summed E-state index contributed by atoms with van der Waals surface area (Å²) in [6, 6.07) is 14.0. The zero-order chi connectivity index (χ0) is 14.6. The largest absolute Gasteiger partial charge is 0.456 e. The third-order valence-corrected chi connectivity index (χ3v) is 4.70. The average Bonchev–Trinajstić information content (AvgIpc) is 2.48. The highest BCUT2D eigenvalue weighted by Gasteiger charge is 2.17. The van der Waals surface area contributed by atoms with Crippen LogP contribution in [0, 0.1) is 0 Å². The molecule has 4 nitrogen and oxygen atoms in total. The van der Waals surface area contributed by atoms with Crippen LogP contribution in [0.25, 0.3) is 0 Å². The summed E-state index contributed by atoms with van der Waals surface area (Å²) >= 11 is 0. The molecule has 0 radical (unpaired) electrons. The molecule has 0 aromatic heterocycles. The molecule has 0 bridgehead atoms. The lowest BCUT2D eigenvalue weighted by molar-refractivity contribution is 0.467. The number of anilines is 1. The maximum atomic E-state index is 12.0. The maximum Gasteiger partial charge on any atom is 0.181 e. The van der Waals surface area contributed by atoms with Crippen molar-refractivity contribution >= 4 is 15.5 Å². The molecule has 0 saturated heterocycles. The summed E-state index contributed by atoms with van der Waals surface area (Å²) in [5.41, 5.74) is 0.965. The molecule has 5 heteroatoms. The highest BCUT2D eigenvalue weighted by Crippen LogP contribution is 2.29. The Morgan fingerprint density at radius 3 is 2.30 bits per heavy atom. The Morgan fingerprint density at radius 1 is 1.05 bits per heavy atom. The predicted octanol–water partition coefficient (Wildman–Crippen LogP) is 3.31. The molecule has 0 aliphatic rings. The zero-order valence-electron chi connectivity index (χ0n) is 11.5. The Morgan fingerprint density at radius 2 is 1.70 bits per heavy atom. The van der Waals surface area contributed by atoms with Gasteiger partial charge in [-0.3, -0.25) is 0 Å². The van der Waals surface area contributed by atoms with Gasteiger partial charge in [0, 0.05) is 12.7 Å². The van der Waals surface area contributed by atoms with Crippen LogP contribution in [0.2, 0.25) is 0 Å². The molecule has 0 amide bonds. The zero-order valence-corrected chi connectivity index (χ0v) is 12.3. The Balaban J connectivity index is 2.34. The fraction of sp³-hybridized carbons (Fsp3) is 0.200. The number of rotatable bonds is 5. The summed E-state index contributed by atoms with van der Waals surface area (Å²) in [7, 11) is -1.47. The highest BCUT2D eigenvalue weighted by atomic mass is 32.2. The van der Waals surface area contributed by atoms with Crippen LogP contribution in [0.4, 0.5) is 5.69 Å². The Kier molecular flexibility index (Phi) is 4.29. The second-order valence-electron chi connectivity index (χ2n) is 4.23. The summed E-state index contributed by atoms with van der Waals surface area (Å²) in [4.78, 5) is 0.222. The van der Waals surface area contributed by atoms with Gasteiger partial charge in [0.05, 0.1) is 5.75 Å². The van der Waals surface area contributed by atoms with Gasteiger partial charge in [-0.2, -0.15) is 0 Å². The van der Waals surface area contributed by atoms with Gasteiger partial charge in [0.2, 0.25) is 0 Å². The van der Waals surface area contributed by atoms with Gasteiger partial charge in [-0.25, -0.2) is 8.42 Å². The van der Waals surface area contributed by atoms with E-state index in [-0.39, 0.29) is 10.6 Å². The molecule has 1 N–H and O–H groups in total. The van der Waals surface area contributed by atoms with E-state index < -0.39 is 9.84 Å². The molecule has 0 unspecified atom stereocenters. The van der Waals surface area contributed by atoms with Crippen molar-refractivity contribution in [1.29, 1.82) is 0 Å². The SMILES string of the molecule is CCS(=O)(=O)c1ccccc1Oc1ccc(NC)cc1. The molecule has 0 saturated carbocycles. The molecular weight excluding hydrogens is 274 g/mol.